The Balaban J connectivity index is 1.72. The second kappa shape index (κ2) is 50.1. The van der Waals surface area contributed by atoms with Crippen LogP contribution in [0.5, 0.6) is 0 Å². The molecule has 2 heterocycles. The third-order valence-electron chi connectivity index (χ3n) is 13.5. The largest absolute Gasteiger partial charge is 0.457 e. The number of hydrogen-bond donors (Lipinski definition) is 7. The lowest BCUT2D eigenvalue weighted by Gasteiger charge is -2.42. The van der Waals surface area contributed by atoms with Crippen LogP contribution in [0.1, 0.15) is 181 Å². The van der Waals surface area contributed by atoms with Crippen molar-refractivity contribution in [1.82, 2.24) is 0 Å². The summed E-state index contributed by atoms with van der Waals surface area (Å²) in [4.78, 5) is 13.1. The van der Waals surface area contributed by atoms with E-state index in [-0.39, 0.29) is 19.6 Å². The van der Waals surface area contributed by atoms with Gasteiger partial charge in [0.15, 0.2) is 12.6 Å². The summed E-state index contributed by atoms with van der Waals surface area (Å²) in [5, 5.41) is 72.4. The number of aliphatic hydroxyl groups is 7. The number of allylic oxidation sites excluding steroid dienone is 20. The Bertz CT molecular complexity index is 1770. The van der Waals surface area contributed by atoms with E-state index in [1.165, 1.54) is 32.1 Å². The highest BCUT2D eigenvalue weighted by atomic mass is 16.7. The molecule has 0 saturated carbocycles. The fraction of sp³-hybridized carbons (Fsp3) is 0.677. The van der Waals surface area contributed by atoms with Crippen LogP contribution < -0.4 is 0 Å². The minimum absolute atomic E-state index is 0.0335. The fourth-order valence-corrected chi connectivity index (χ4v) is 8.69. The second-order valence-corrected chi connectivity index (χ2v) is 20.4. The maximum atomic E-state index is 13.1. The third-order valence-corrected chi connectivity index (χ3v) is 13.5. The molecule has 0 aromatic carbocycles. The minimum Gasteiger partial charge on any atom is -0.457 e. The topological polar surface area (TPSA) is 214 Å². The molecule has 2 rings (SSSR count). The van der Waals surface area contributed by atoms with E-state index in [9.17, 15) is 40.5 Å². The number of carbonyl (C=O) groups is 1. The molecule has 0 aliphatic carbocycles. The number of unbranched alkanes of at least 4 members (excludes halogenated alkanes) is 13. The lowest BCUT2D eigenvalue weighted by atomic mass is 9.98. The summed E-state index contributed by atoms with van der Waals surface area (Å²) in [7, 11) is 0. The summed E-state index contributed by atoms with van der Waals surface area (Å²) in [6.07, 6.45) is 53.9. The molecule has 450 valence electrons. The first-order chi connectivity index (χ1) is 38.6. The van der Waals surface area contributed by atoms with E-state index in [0.29, 0.717) is 13.0 Å². The Kier molecular flexibility index (Phi) is 45.4. The van der Waals surface area contributed by atoms with E-state index in [0.717, 1.165) is 122 Å². The Morgan fingerprint density at radius 2 is 0.785 bits per heavy atom. The van der Waals surface area contributed by atoms with Gasteiger partial charge in [-0.1, -0.05) is 193 Å². The van der Waals surface area contributed by atoms with Gasteiger partial charge < -0.3 is 64.2 Å². The van der Waals surface area contributed by atoms with E-state index in [1.807, 2.05) is 0 Å². The fourth-order valence-electron chi connectivity index (χ4n) is 8.69. The molecule has 0 aromatic heterocycles. The van der Waals surface area contributed by atoms with Crippen molar-refractivity contribution in [2.75, 3.05) is 33.0 Å². The lowest BCUT2D eigenvalue weighted by molar-refractivity contribution is -0.332. The smallest absolute Gasteiger partial charge is 0.306 e. The highest BCUT2D eigenvalue weighted by Crippen LogP contribution is 2.26. The predicted molar refractivity (Wildman–Crippen MR) is 316 cm³/mol. The molecule has 11 atom stereocenters. The third kappa shape index (κ3) is 36.5. The average molecular weight is 1110 g/mol. The van der Waals surface area contributed by atoms with Crippen molar-refractivity contribution in [2.24, 2.45) is 0 Å². The minimum atomic E-state index is -1.72. The second-order valence-electron chi connectivity index (χ2n) is 20.4. The van der Waals surface area contributed by atoms with Crippen molar-refractivity contribution >= 4 is 5.97 Å². The first kappa shape index (κ1) is 71.5. The van der Waals surface area contributed by atoms with E-state index < -0.39 is 86.7 Å². The quantitative estimate of drug-likeness (QED) is 0.0172. The van der Waals surface area contributed by atoms with Crippen LogP contribution in [0, 0.1) is 0 Å². The molecule has 0 bridgehead atoms. The van der Waals surface area contributed by atoms with Gasteiger partial charge in [-0.3, -0.25) is 4.79 Å². The summed E-state index contributed by atoms with van der Waals surface area (Å²) < 4.78 is 34.4. The normalized spacial score (nSPS) is 24.9. The number of carbonyl (C=O) groups excluding carboxylic acids is 1. The molecule has 0 spiro atoms. The van der Waals surface area contributed by atoms with Gasteiger partial charge in [0, 0.05) is 13.0 Å². The van der Waals surface area contributed by atoms with Crippen LogP contribution in [-0.4, -0.2) is 142 Å². The molecule has 79 heavy (non-hydrogen) atoms. The van der Waals surface area contributed by atoms with Crippen LogP contribution in [0.25, 0.3) is 0 Å². The first-order valence-electron chi connectivity index (χ1n) is 30.1. The Morgan fingerprint density at radius 1 is 0.418 bits per heavy atom. The van der Waals surface area contributed by atoms with Gasteiger partial charge in [0.2, 0.25) is 0 Å². The SMILES string of the molecule is CC/C=C\C/C=C\C/C=C\C/C=C\C/C=C\CCCCCCCCCCCC(=O)OC(COCCCCCC/C=C\C/C=C\C/C=C\C/C=C\C/C=C\CC)COC1OC(COC2OC(CO)C(O)C(O)C2O)C(O)C(O)C1O. The van der Waals surface area contributed by atoms with Gasteiger partial charge in [0.1, 0.15) is 54.9 Å². The van der Waals surface area contributed by atoms with Crippen molar-refractivity contribution in [1.29, 1.82) is 0 Å². The van der Waals surface area contributed by atoms with Crippen LogP contribution >= 0.6 is 0 Å². The zero-order chi connectivity index (χ0) is 57.2. The number of esters is 1. The van der Waals surface area contributed by atoms with Crippen molar-refractivity contribution in [3.8, 4) is 0 Å². The van der Waals surface area contributed by atoms with Crippen LogP contribution in [0.15, 0.2) is 122 Å². The molecule has 0 radical (unpaired) electrons. The monoisotopic (exact) mass is 1110 g/mol. The number of aliphatic hydroxyl groups excluding tert-OH is 7. The van der Waals surface area contributed by atoms with Crippen LogP contribution in [-0.2, 0) is 33.2 Å². The molecular formula is C65H106O14. The Hall–Kier alpha value is -3.61. The molecule has 11 unspecified atom stereocenters. The molecule has 7 N–H and O–H groups in total. The molecule has 2 aliphatic rings. The molecular weight excluding hydrogens is 1000 g/mol. The summed E-state index contributed by atoms with van der Waals surface area (Å²) in [5.41, 5.74) is 0. The van der Waals surface area contributed by atoms with Gasteiger partial charge in [0.25, 0.3) is 0 Å². The zero-order valence-electron chi connectivity index (χ0n) is 48.3. The van der Waals surface area contributed by atoms with Gasteiger partial charge in [-0.05, 0) is 103 Å². The average Bonchev–Trinajstić information content (AvgIpc) is 3.46. The molecule has 14 nitrogen and oxygen atoms in total. The van der Waals surface area contributed by atoms with E-state index in [4.69, 9.17) is 28.4 Å². The molecule has 2 fully saturated rings. The van der Waals surface area contributed by atoms with Gasteiger partial charge in [-0.25, -0.2) is 0 Å². The summed E-state index contributed by atoms with van der Waals surface area (Å²) in [6, 6.07) is 0. The van der Waals surface area contributed by atoms with E-state index in [2.05, 4.69) is 135 Å². The molecule has 2 aliphatic heterocycles. The maximum Gasteiger partial charge on any atom is 0.306 e. The van der Waals surface area contributed by atoms with Gasteiger partial charge in [-0.15, -0.1) is 0 Å². The van der Waals surface area contributed by atoms with Crippen LogP contribution in [0.3, 0.4) is 0 Å². The van der Waals surface area contributed by atoms with Crippen molar-refractivity contribution in [3.63, 3.8) is 0 Å². The number of hydrogen-bond acceptors (Lipinski definition) is 14. The number of ether oxygens (including phenoxy) is 6. The van der Waals surface area contributed by atoms with Gasteiger partial charge >= 0.3 is 5.97 Å². The van der Waals surface area contributed by atoms with Crippen LogP contribution in [0.2, 0.25) is 0 Å². The van der Waals surface area contributed by atoms with Crippen molar-refractivity contribution < 1.29 is 69.0 Å². The standard InChI is InChI=1S/C65H106O14/c1-3-5-7-9-11-13-15-17-19-21-23-25-26-27-28-29-30-32-34-36-38-40-42-44-46-48-57(67)77-54(51-74-49-47-45-43-41-39-37-35-33-31-24-22-20-18-16-14-12-10-8-6-4-2)52-75-64-63(73)61(71)59(69)56(79-64)53-76-65-62(72)60(70)58(68)55(50-66)78-65/h5-8,11-14,17-20,23-25,27-28,31,35,37,54-56,58-66,68-73H,3-4,9-10,15-16,21-22,26,29-30,32-34,36,38-53H2,1-2H3/b7-5-,8-6-,13-11-,14-12-,19-17-,20-18-,25-23-,28-27-,31-24-,37-35-. The highest BCUT2D eigenvalue weighted by molar-refractivity contribution is 5.69. The molecule has 14 heteroatoms. The maximum absolute atomic E-state index is 13.1. The van der Waals surface area contributed by atoms with E-state index >= 15 is 0 Å². The summed E-state index contributed by atoms with van der Waals surface area (Å²) >= 11 is 0. The van der Waals surface area contributed by atoms with E-state index in [1.54, 1.807) is 0 Å². The van der Waals surface area contributed by atoms with Crippen molar-refractivity contribution in [2.45, 2.75) is 248 Å². The highest BCUT2D eigenvalue weighted by Gasteiger charge is 2.47. The molecule has 0 amide bonds. The molecule has 2 saturated heterocycles. The molecule has 0 aromatic rings. The Labute approximate surface area is 476 Å². The first-order valence-corrected chi connectivity index (χ1v) is 30.1. The lowest BCUT2D eigenvalue weighted by Crippen LogP contribution is -2.61. The van der Waals surface area contributed by atoms with Gasteiger partial charge in [-0.2, -0.15) is 0 Å². The predicted octanol–water partition coefficient (Wildman–Crippen LogP) is 11.3. The summed E-state index contributed by atoms with van der Waals surface area (Å²) in [5.74, 6) is -0.397. The Morgan fingerprint density at radius 3 is 1.23 bits per heavy atom. The summed E-state index contributed by atoms with van der Waals surface area (Å²) in [6.45, 7) is 3.37. The van der Waals surface area contributed by atoms with Gasteiger partial charge in [0.05, 0.1) is 26.4 Å². The van der Waals surface area contributed by atoms with Crippen LogP contribution in [0.4, 0.5) is 0 Å². The van der Waals surface area contributed by atoms with Crippen molar-refractivity contribution in [3.05, 3.63) is 122 Å². The zero-order valence-corrected chi connectivity index (χ0v) is 48.3. The number of rotatable bonds is 47.